The molecule has 1 aromatic carbocycles. The maximum Gasteiger partial charge on any atom is 0.272 e. The van der Waals surface area contributed by atoms with Crippen molar-refractivity contribution in [1.82, 2.24) is 4.98 Å². The van der Waals surface area contributed by atoms with Crippen LogP contribution in [0.25, 0.3) is 0 Å². The fourth-order valence-corrected chi connectivity index (χ4v) is 1.65. The number of hydrogen-bond acceptors (Lipinski definition) is 4. The van der Waals surface area contributed by atoms with Crippen LogP contribution in [0.15, 0.2) is 42.6 Å². The summed E-state index contributed by atoms with van der Waals surface area (Å²) < 4.78 is 18.4. The van der Waals surface area contributed by atoms with Gasteiger partial charge in [0.25, 0.3) is 11.6 Å². The normalized spacial score (nSPS) is 10.2. The van der Waals surface area contributed by atoms with Gasteiger partial charge in [-0.05, 0) is 12.1 Å². The zero-order chi connectivity index (χ0) is 13.7. The van der Waals surface area contributed by atoms with Crippen molar-refractivity contribution in [3.05, 3.63) is 64.2 Å². The smallest absolute Gasteiger partial charge is 0.272 e. The van der Waals surface area contributed by atoms with Gasteiger partial charge in [-0.2, -0.15) is 4.39 Å². The van der Waals surface area contributed by atoms with Crippen LogP contribution in [0.2, 0.25) is 0 Å². The van der Waals surface area contributed by atoms with Crippen LogP contribution < -0.4 is 4.74 Å². The molecule has 6 heteroatoms. The van der Waals surface area contributed by atoms with Crippen molar-refractivity contribution in [1.29, 1.82) is 0 Å². The lowest BCUT2D eigenvalue weighted by Gasteiger charge is -2.06. The van der Waals surface area contributed by atoms with Crippen molar-refractivity contribution in [2.75, 3.05) is 6.61 Å². The van der Waals surface area contributed by atoms with E-state index in [9.17, 15) is 14.5 Å². The van der Waals surface area contributed by atoms with Crippen molar-refractivity contribution in [2.45, 2.75) is 6.42 Å². The number of pyridine rings is 1. The second-order valence-corrected chi connectivity index (χ2v) is 3.78. The topological polar surface area (TPSA) is 65.3 Å². The van der Waals surface area contributed by atoms with Crippen LogP contribution in [0, 0.1) is 16.1 Å². The van der Waals surface area contributed by atoms with E-state index in [0.29, 0.717) is 12.0 Å². The van der Waals surface area contributed by atoms with Gasteiger partial charge in [0.1, 0.15) is 0 Å². The minimum atomic E-state index is -0.690. The highest BCUT2D eigenvalue weighted by atomic mass is 19.1. The molecule has 0 bridgehead atoms. The molecule has 0 aliphatic carbocycles. The third-order valence-electron chi connectivity index (χ3n) is 2.54. The highest BCUT2D eigenvalue weighted by Crippen LogP contribution is 2.19. The highest BCUT2D eigenvalue weighted by molar-refractivity contribution is 5.39. The van der Waals surface area contributed by atoms with E-state index in [1.54, 1.807) is 24.3 Å². The zero-order valence-corrected chi connectivity index (χ0v) is 9.95. The minimum absolute atomic E-state index is 0.0396. The number of nitrogens with zero attached hydrogens (tertiary/aromatic N) is 2. The molecule has 0 saturated carbocycles. The lowest BCUT2D eigenvalue weighted by molar-refractivity contribution is -0.385. The monoisotopic (exact) mass is 262 g/mol. The van der Waals surface area contributed by atoms with E-state index in [1.165, 1.54) is 18.3 Å². The van der Waals surface area contributed by atoms with E-state index in [-0.39, 0.29) is 18.0 Å². The maximum atomic E-state index is 13.2. The molecule has 2 rings (SSSR count). The Morgan fingerprint density at radius 2 is 2.05 bits per heavy atom. The predicted octanol–water partition coefficient (Wildman–Crippen LogP) is 2.75. The van der Waals surface area contributed by atoms with Gasteiger partial charge in [0.2, 0.25) is 0 Å². The first-order chi connectivity index (χ1) is 9.18. The van der Waals surface area contributed by atoms with Crippen LogP contribution in [0.1, 0.15) is 5.56 Å². The Balaban J connectivity index is 2.00. The van der Waals surface area contributed by atoms with E-state index in [1.807, 2.05) is 0 Å². The maximum absolute atomic E-state index is 13.2. The molecular formula is C13H11FN2O3. The average Bonchev–Trinajstić information content (AvgIpc) is 2.41. The molecule has 1 aromatic heterocycles. The van der Waals surface area contributed by atoms with Crippen LogP contribution >= 0.6 is 0 Å². The summed E-state index contributed by atoms with van der Waals surface area (Å²) in [6.45, 7) is 0.146. The molecule has 0 aliphatic heterocycles. The second kappa shape index (κ2) is 5.90. The summed E-state index contributed by atoms with van der Waals surface area (Å²) in [4.78, 5) is 13.8. The van der Waals surface area contributed by atoms with Crippen molar-refractivity contribution >= 4 is 5.69 Å². The molecule has 5 nitrogen and oxygen atoms in total. The van der Waals surface area contributed by atoms with E-state index in [4.69, 9.17) is 4.74 Å². The fourth-order valence-electron chi connectivity index (χ4n) is 1.65. The Labute approximate surface area is 108 Å². The number of halogens is 1. The molecule has 0 aliphatic rings. The number of benzene rings is 1. The van der Waals surface area contributed by atoms with Gasteiger partial charge >= 0.3 is 0 Å². The van der Waals surface area contributed by atoms with Crippen molar-refractivity contribution in [3.8, 4) is 5.75 Å². The van der Waals surface area contributed by atoms with Gasteiger partial charge < -0.3 is 4.74 Å². The molecule has 19 heavy (non-hydrogen) atoms. The van der Waals surface area contributed by atoms with Crippen LogP contribution in [-0.2, 0) is 6.42 Å². The number of rotatable bonds is 5. The number of nitro groups is 1. The third kappa shape index (κ3) is 3.25. The second-order valence-electron chi connectivity index (χ2n) is 3.78. The SMILES string of the molecule is O=[N+]([O-])c1ccccc1CCOc1cccnc1F. The molecule has 0 atom stereocenters. The predicted molar refractivity (Wildman–Crippen MR) is 66.5 cm³/mol. The Hall–Kier alpha value is -2.50. The lowest BCUT2D eigenvalue weighted by atomic mass is 10.1. The van der Waals surface area contributed by atoms with Gasteiger partial charge in [0.15, 0.2) is 5.75 Å². The van der Waals surface area contributed by atoms with E-state index < -0.39 is 10.9 Å². The van der Waals surface area contributed by atoms with Crippen molar-refractivity contribution < 1.29 is 14.1 Å². The van der Waals surface area contributed by atoms with Crippen LogP contribution in [0.3, 0.4) is 0 Å². The Kier molecular flexibility index (Phi) is 4.02. The quantitative estimate of drug-likeness (QED) is 0.472. The summed E-state index contributed by atoms with van der Waals surface area (Å²) >= 11 is 0. The highest BCUT2D eigenvalue weighted by Gasteiger charge is 2.12. The van der Waals surface area contributed by atoms with Crippen LogP contribution in [-0.4, -0.2) is 16.5 Å². The molecule has 0 amide bonds. The Morgan fingerprint density at radius 3 is 2.79 bits per heavy atom. The summed E-state index contributed by atoms with van der Waals surface area (Å²) in [6, 6.07) is 9.42. The molecule has 0 fully saturated rings. The standard InChI is InChI=1S/C13H11FN2O3/c14-13-12(6-3-8-15-13)19-9-7-10-4-1-2-5-11(10)16(17)18/h1-6,8H,7,9H2. The molecule has 0 unspecified atom stereocenters. The zero-order valence-electron chi connectivity index (χ0n) is 9.95. The first-order valence-electron chi connectivity index (χ1n) is 5.64. The van der Waals surface area contributed by atoms with Gasteiger partial charge in [-0.25, -0.2) is 4.98 Å². The number of hydrogen-bond donors (Lipinski definition) is 0. The van der Waals surface area contributed by atoms with Gasteiger partial charge in [-0.1, -0.05) is 18.2 Å². The number of para-hydroxylation sites is 1. The molecule has 0 N–H and O–H groups in total. The van der Waals surface area contributed by atoms with Gasteiger partial charge in [0, 0.05) is 24.2 Å². The third-order valence-corrected chi connectivity index (χ3v) is 2.54. The lowest BCUT2D eigenvalue weighted by Crippen LogP contribution is -2.05. The summed E-state index contributed by atoms with van der Waals surface area (Å²) in [5.74, 6) is -0.647. The molecule has 98 valence electrons. The van der Waals surface area contributed by atoms with Gasteiger partial charge in [0.05, 0.1) is 11.5 Å². The summed E-state index contributed by atoms with van der Waals surface area (Å²) in [5, 5.41) is 10.8. The minimum Gasteiger partial charge on any atom is -0.488 e. The Bertz CT molecular complexity index is 590. The molecule has 0 saturated heterocycles. The van der Waals surface area contributed by atoms with Crippen LogP contribution in [0.4, 0.5) is 10.1 Å². The summed E-state index contributed by atoms with van der Waals surface area (Å²) in [5.41, 5.74) is 0.592. The van der Waals surface area contributed by atoms with Crippen molar-refractivity contribution in [2.24, 2.45) is 0 Å². The number of ether oxygens (including phenoxy) is 1. The number of nitro benzene ring substituents is 1. The average molecular weight is 262 g/mol. The Morgan fingerprint density at radius 1 is 1.26 bits per heavy atom. The molecule has 2 aromatic rings. The summed E-state index contributed by atoms with van der Waals surface area (Å²) in [6.07, 6.45) is 1.65. The van der Waals surface area contributed by atoms with E-state index >= 15 is 0 Å². The van der Waals surface area contributed by atoms with Gasteiger partial charge in [-0.3, -0.25) is 10.1 Å². The molecular weight excluding hydrogens is 251 g/mol. The van der Waals surface area contributed by atoms with Crippen LogP contribution in [0.5, 0.6) is 5.75 Å². The molecule has 0 spiro atoms. The first-order valence-corrected chi connectivity index (χ1v) is 5.64. The number of aromatic nitrogens is 1. The fraction of sp³-hybridized carbons (Fsp3) is 0.154. The first kappa shape index (κ1) is 12.9. The van der Waals surface area contributed by atoms with E-state index in [2.05, 4.69) is 4.98 Å². The molecule has 1 heterocycles. The molecule has 0 radical (unpaired) electrons. The van der Waals surface area contributed by atoms with Crippen molar-refractivity contribution in [3.63, 3.8) is 0 Å². The van der Waals surface area contributed by atoms with E-state index in [0.717, 1.165) is 0 Å². The summed E-state index contributed by atoms with van der Waals surface area (Å²) in [7, 11) is 0. The van der Waals surface area contributed by atoms with Gasteiger partial charge in [-0.15, -0.1) is 0 Å². The largest absolute Gasteiger partial charge is 0.488 e.